The highest BCUT2D eigenvalue weighted by atomic mass is 32.1. The first-order chi connectivity index (χ1) is 8.22. The molecule has 3 heteroatoms. The molecule has 2 aliphatic rings. The molecule has 1 aromatic heterocycles. The Balaban J connectivity index is 1.73. The van der Waals surface area contributed by atoms with Crippen molar-refractivity contribution in [3.63, 3.8) is 0 Å². The maximum Gasteiger partial charge on any atom is 0.0333 e. The van der Waals surface area contributed by atoms with Crippen LogP contribution in [0.15, 0.2) is 12.1 Å². The van der Waals surface area contributed by atoms with Crippen molar-refractivity contribution in [2.45, 2.75) is 63.7 Å². The Hall–Kier alpha value is -0.380. The minimum atomic E-state index is 0.451. The van der Waals surface area contributed by atoms with Crippen LogP contribution in [0.25, 0.3) is 0 Å². The van der Waals surface area contributed by atoms with Gasteiger partial charge < -0.3 is 5.73 Å². The van der Waals surface area contributed by atoms with Crippen LogP contribution in [0.5, 0.6) is 0 Å². The van der Waals surface area contributed by atoms with Crippen LogP contribution in [0.4, 0.5) is 0 Å². The molecule has 0 saturated carbocycles. The van der Waals surface area contributed by atoms with Gasteiger partial charge in [0.15, 0.2) is 0 Å². The van der Waals surface area contributed by atoms with E-state index < -0.39 is 0 Å². The van der Waals surface area contributed by atoms with E-state index in [1.54, 1.807) is 0 Å². The van der Waals surface area contributed by atoms with Crippen LogP contribution in [0.3, 0.4) is 0 Å². The summed E-state index contributed by atoms with van der Waals surface area (Å²) in [4.78, 5) is 5.69. The SMILES string of the molecule is Cc1ccc(CN2C3CCCC2CC(N)C3)s1. The van der Waals surface area contributed by atoms with Gasteiger partial charge in [0.2, 0.25) is 0 Å². The Labute approximate surface area is 108 Å². The lowest BCUT2D eigenvalue weighted by molar-refractivity contribution is 0.0253. The van der Waals surface area contributed by atoms with Gasteiger partial charge in [0, 0.05) is 34.4 Å². The molecule has 1 aromatic rings. The Morgan fingerprint density at radius 2 is 2.00 bits per heavy atom. The molecule has 0 aliphatic carbocycles. The first-order valence-corrected chi connectivity index (χ1v) is 7.60. The molecule has 2 N–H and O–H groups in total. The quantitative estimate of drug-likeness (QED) is 0.874. The molecule has 2 saturated heterocycles. The average Bonchev–Trinajstić information content (AvgIpc) is 2.65. The zero-order valence-electron chi connectivity index (χ0n) is 10.6. The Morgan fingerprint density at radius 1 is 1.29 bits per heavy atom. The third-order valence-electron chi connectivity index (χ3n) is 4.30. The molecular formula is C14H22N2S. The van der Waals surface area contributed by atoms with Gasteiger partial charge in [0.25, 0.3) is 0 Å². The van der Waals surface area contributed by atoms with Crippen LogP contribution >= 0.6 is 11.3 Å². The number of nitrogens with two attached hydrogens (primary N) is 1. The molecule has 2 unspecified atom stereocenters. The highest BCUT2D eigenvalue weighted by Crippen LogP contribution is 2.35. The van der Waals surface area contributed by atoms with Gasteiger partial charge in [-0.2, -0.15) is 0 Å². The number of rotatable bonds is 2. The summed E-state index contributed by atoms with van der Waals surface area (Å²) in [5.74, 6) is 0. The zero-order chi connectivity index (χ0) is 11.8. The largest absolute Gasteiger partial charge is 0.328 e. The molecule has 2 fully saturated rings. The Morgan fingerprint density at radius 3 is 2.59 bits per heavy atom. The second-order valence-electron chi connectivity index (χ2n) is 5.65. The third kappa shape index (κ3) is 2.42. The van der Waals surface area contributed by atoms with Crippen molar-refractivity contribution in [1.29, 1.82) is 0 Å². The summed E-state index contributed by atoms with van der Waals surface area (Å²) in [7, 11) is 0. The van der Waals surface area contributed by atoms with Crippen LogP contribution in [0.1, 0.15) is 41.9 Å². The van der Waals surface area contributed by atoms with Crippen LogP contribution in [0, 0.1) is 6.92 Å². The lowest BCUT2D eigenvalue weighted by Gasteiger charge is -2.48. The summed E-state index contributed by atoms with van der Waals surface area (Å²) >= 11 is 1.95. The minimum absolute atomic E-state index is 0.451. The molecule has 2 aliphatic heterocycles. The molecule has 94 valence electrons. The van der Waals surface area contributed by atoms with E-state index in [1.807, 2.05) is 11.3 Å². The van der Waals surface area contributed by atoms with E-state index in [9.17, 15) is 0 Å². The summed E-state index contributed by atoms with van der Waals surface area (Å²) in [5, 5.41) is 0. The minimum Gasteiger partial charge on any atom is -0.328 e. The maximum atomic E-state index is 6.16. The van der Waals surface area contributed by atoms with Crippen LogP contribution in [-0.4, -0.2) is 23.0 Å². The zero-order valence-corrected chi connectivity index (χ0v) is 11.4. The van der Waals surface area contributed by atoms with Gasteiger partial charge in [-0.25, -0.2) is 0 Å². The summed E-state index contributed by atoms with van der Waals surface area (Å²) in [5.41, 5.74) is 6.16. The van der Waals surface area contributed by atoms with Gasteiger partial charge in [-0.15, -0.1) is 11.3 Å². The van der Waals surface area contributed by atoms with Gasteiger partial charge in [-0.3, -0.25) is 4.90 Å². The summed E-state index contributed by atoms with van der Waals surface area (Å²) < 4.78 is 0. The predicted molar refractivity (Wildman–Crippen MR) is 73.2 cm³/mol. The maximum absolute atomic E-state index is 6.16. The number of piperidine rings is 2. The van der Waals surface area contributed by atoms with Gasteiger partial charge >= 0.3 is 0 Å². The lowest BCUT2D eigenvalue weighted by atomic mass is 9.82. The molecule has 2 atom stereocenters. The number of fused-ring (bicyclic) bond motifs is 2. The van der Waals surface area contributed by atoms with E-state index in [0.717, 1.165) is 18.6 Å². The number of nitrogens with zero attached hydrogens (tertiary/aromatic N) is 1. The van der Waals surface area contributed by atoms with Gasteiger partial charge in [0.05, 0.1) is 0 Å². The second-order valence-corrected chi connectivity index (χ2v) is 7.03. The molecule has 0 radical (unpaired) electrons. The second kappa shape index (κ2) is 4.71. The molecule has 3 rings (SSSR count). The van der Waals surface area contributed by atoms with Crippen molar-refractivity contribution in [3.05, 3.63) is 21.9 Å². The Kier molecular flexibility index (Phi) is 3.24. The topological polar surface area (TPSA) is 29.3 Å². The smallest absolute Gasteiger partial charge is 0.0333 e. The van der Waals surface area contributed by atoms with Crippen molar-refractivity contribution in [1.82, 2.24) is 4.90 Å². The van der Waals surface area contributed by atoms with Crippen molar-refractivity contribution < 1.29 is 0 Å². The van der Waals surface area contributed by atoms with E-state index in [1.165, 1.54) is 41.9 Å². The first kappa shape index (κ1) is 11.7. The lowest BCUT2D eigenvalue weighted by Crippen LogP contribution is -2.54. The molecule has 2 nitrogen and oxygen atoms in total. The Bertz CT molecular complexity index is 373. The molecule has 0 amide bonds. The number of hydrogen-bond acceptors (Lipinski definition) is 3. The van der Waals surface area contributed by atoms with Crippen LogP contribution in [0.2, 0.25) is 0 Å². The summed E-state index contributed by atoms with van der Waals surface area (Å²) in [6.07, 6.45) is 6.53. The average molecular weight is 250 g/mol. The van der Waals surface area contributed by atoms with Crippen LogP contribution in [-0.2, 0) is 6.54 Å². The number of aryl methyl sites for hydroxylation is 1. The van der Waals surface area contributed by atoms with E-state index in [2.05, 4.69) is 24.0 Å². The fraction of sp³-hybridized carbons (Fsp3) is 0.714. The predicted octanol–water partition coefficient (Wildman–Crippen LogP) is 2.90. The van der Waals surface area contributed by atoms with Gasteiger partial charge in [-0.1, -0.05) is 6.42 Å². The van der Waals surface area contributed by atoms with Crippen molar-refractivity contribution in [2.24, 2.45) is 5.73 Å². The standard InChI is InChI=1S/C14H22N2S/c1-10-5-6-14(17-10)9-16-12-3-2-4-13(16)8-11(15)7-12/h5-6,11-13H,2-4,7-9,15H2,1H3. The summed E-state index contributed by atoms with van der Waals surface area (Å²) in [6.45, 7) is 3.35. The van der Waals surface area contributed by atoms with E-state index in [0.29, 0.717) is 6.04 Å². The van der Waals surface area contributed by atoms with Gasteiger partial charge in [0.1, 0.15) is 0 Å². The molecule has 0 aromatic carbocycles. The molecular weight excluding hydrogens is 228 g/mol. The highest BCUT2D eigenvalue weighted by Gasteiger charge is 2.36. The fourth-order valence-electron chi connectivity index (χ4n) is 3.53. The third-order valence-corrected chi connectivity index (χ3v) is 5.28. The van der Waals surface area contributed by atoms with E-state index in [4.69, 9.17) is 5.73 Å². The van der Waals surface area contributed by atoms with Crippen molar-refractivity contribution in [3.8, 4) is 0 Å². The normalized spacial score (nSPS) is 33.9. The molecule has 3 heterocycles. The van der Waals surface area contributed by atoms with Gasteiger partial charge in [-0.05, 0) is 44.7 Å². The van der Waals surface area contributed by atoms with Crippen molar-refractivity contribution in [2.75, 3.05) is 0 Å². The molecule has 0 spiro atoms. The number of thiophene rings is 1. The van der Waals surface area contributed by atoms with E-state index in [-0.39, 0.29) is 0 Å². The highest BCUT2D eigenvalue weighted by molar-refractivity contribution is 7.11. The fourth-order valence-corrected chi connectivity index (χ4v) is 4.43. The van der Waals surface area contributed by atoms with Crippen LogP contribution < -0.4 is 5.73 Å². The summed E-state index contributed by atoms with van der Waals surface area (Å²) in [6, 6.07) is 6.49. The monoisotopic (exact) mass is 250 g/mol. The molecule has 17 heavy (non-hydrogen) atoms. The first-order valence-electron chi connectivity index (χ1n) is 6.79. The van der Waals surface area contributed by atoms with E-state index >= 15 is 0 Å². The molecule has 2 bridgehead atoms. The van der Waals surface area contributed by atoms with Crippen molar-refractivity contribution >= 4 is 11.3 Å². The number of hydrogen-bond donors (Lipinski definition) is 1.